The molecule has 0 aliphatic carbocycles. The number of benzene rings is 3. The molecule has 12 heteroatoms. The van der Waals surface area contributed by atoms with E-state index in [0.717, 1.165) is 29.5 Å². The van der Waals surface area contributed by atoms with Gasteiger partial charge in [-0.2, -0.15) is 13.2 Å². The molecule has 0 heterocycles. The van der Waals surface area contributed by atoms with Crippen LogP contribution in [-0.2, 0) is 38.8 Å². The highest BCUT2D eigenvalue weighted by molar-refractivity contribution is 7.92. The summed E-state index contributed by atoms with van der Waals surface area (Å²) in [5.74, 6) is -1.23. The molecule has 2 amide bonds. The van der Waals surface area contributed by atoms with Gasteiger partial charge in [0.05, 0.1) is 22.5 Å². The Kier molecular flexibility index (Phi) is 11.3. The van der Waals surface area contributed by atoms with Crippen molar-refractivity contribution in [3.63, 3.8) is 0 Å². The van der Waals surface area contributed by atoms with Gasteiger partial charge in [0.25, 0.3) is 0 Å². The molecule has 7 nitrogen and oxygen atoms in total. The fourth-order valence-electron chi connectivity index (χ4n) is 4.48. The summed E-state index contributed by atoms with van der Waals surface area (Å²) in [4.78, 5) is 29.1. The van der Waals surface area contributed by atoms with Crippen LogP contribution in [0.5, 0.6) is 0 Å². The zero-order valence-electron chi connectivity index (χ0n) is 24.4. The first kappa shape index (κ1) is 33.9. The highest BCUT2D eigenvalue weighted by Crippen LogP contribution is 2.36. The third kappa shape index (κ3) is 9.46. The summed E-state index contributed by atoms with van der Waals surface area (Å²) in [5, 5.41) is 2.63. The lowest BCUT2D eigenvalue weighted by Gasteiger charge is -2.34. The van der Waals surface area contributed by atoms with E-state index in [1.54, 1.807) is 24.3 Å². The second kappa shape index (κ2) is 14.3. The van der Waals surface area contributed by atoms with Crippen LogP contribution in [0, 0.1) is 6.92 Å². The minimum absolute atomic E-state index is 0.0557. The summed E-state index contributed by atoms with van der Waals surface area (Å²) >= 11 is 6.19. The zero-order chi connectivity index (χ0) is 31.9. The molecule has 0 unspecified atom stereocenters. The van der Waals surface area contributed by atoms with Gasteiger partial charge < -0.3 is 10.2 Å². The second-order valence-corrected chi connectivity index (χ2v) is 12.8. The van der Waals surface area contributed by atoms with Crippen LogP contribution >= 0.6 is 11.6 Å². The van der Waals surface area contributed by atoms with Crippen molar-refractivity contribution in [2.45, 2.75) is 58.4 Å². The summed E-state index contributed by atoms with van der Waals surface area (Å²) in [6, 6.07) is 17.3. The second-order valence-electron chi connectivity index (χ2n) is 10.5. The number of anilines is 1. The van der Waals surface area contributed by atoms with Crippen molar-refractivity contribution in [1.29, 1.82) is 0 Å². The van der Waals surface area contributed by atoms with E-state index in [2.05, 4.69) is 5.32 Å². The number of carbonyl (C=O) groups is 2. The lowest BCUT2D eigenvalue weighted by molar-refractivity contribution is -0.140. The van der Waals surface area contributed by atoms with Crippen molar-refractivity contribution in [3.05, 3.63) is 100 Å². The number of carbonyl (C=O) groups excluding carboxylic acids is 2. The maximum atomic E-state index is 14.1. The molecule has 0 fully saturated rings. The molecule has 0 spiro atoms. The van der Waals surface area contributed by atoms with Gasteiger partial charge in [-0.05, 0) is 49.6 Å². The minimum Gasteiger partial charge on any atom is -0.352 e. The van der Waals surface area contributed by atoms with Gasteiger partial charge >= 0.3 is 6.18 Å². The normalized spacial score (nSPS) is 13.2. The number of amides is 2. The first-order valence-electron chi connectivity index (χ1n) is 13.6. The van der Waals surface area contributed by atoms with Crippen molar-refractivity contribution in [3.8, 4) is 0 Å². The van der Waals surface area contributed by atoms with E-state index in [1.165, 1.54) is 4.90 Å². The van der Waals surface area contributed by atoms with Gasteiger partial charge in [-0.25, -0.2) is 8.42 Å². The molecule has 43 heavy (non-hydrogen) atoms. The Hall–Kier alpha value is -3.57. The van der Waals surface area contributed by atoms with Gasteiger partial charge in [0.15, 0.2) is 0 Å². The Morgan fingerprint density at radius 1 is 0.977 bits per heavy atom. The largest absolute Gasteiger partial charge is 0.416 e. The van der Waals surface area contributed by atoms with Gasteiger partial charge in [-0.1, -0.05) is 78.7 Å². The topological polar surface area (TPSA) is 86.8 Å². The van der Waals surface area contributed by atoms with Crippen LogP contribution in [0.25, 0.3) is 0 Å². The quantitative estimate of drug-likeness (QED) is 0.264. The van der Waals surface area contributed by atoms with Gasteiger partial charge in [0, 0.05) is 19.0 Å². The Morgan fingerprint density at radius 3 is 2.21 bits per heavy atom. The first-order chi connectivity index (χ1) is 20.1. The van der Waals surface area contributed by atoms with E-state index < -0.39 is 51.9 Å². The number of hydrogen-bond donors (Lipinski definition) is 1. The molecule has 0 saturated heterocycles. The summed E-state index contributed by atoms with van der Waals surface area (Å²) in [6.07, 6.45) is -3.26. The highest BCUT2D eigenvalue weighted by Gasteiger charge is 2.36. The predicted octanol–water partition coefficient (Wildman–Crippen LogP) is 5.99. The molecule has 0 bridgehead atoms. The van der Waals surface area contributed by atoms with E-state index in [0.29, 0.717) is 22.4 Å². The van der Waals surface area contributed by atoms with Crippen LogP contribution in [-0.4, -0.2) is 50.0 Å². The van der Waals surface area contributed by atoms with E-state index in [-0.39, 0.29) is 24.0 Å². The van der Waals surface area contributed by atoms with Crippen molar-refractivity contribution >= 4 is 39.1 Å². The molecule has 0 aliphatic rings. The molecule has 0 saturated carbocycles. The Balaban J connectivity index is 2.12. The molecular formula is C31H35ClF3N3O4S. The number of halogens is 4. The van der Waals surface area contributed by atoms with Gasteiger partial charge in [-0.15, -0.1) is 0 Å². The Bertz CT molecular complexity index is 1530. The first-order valence-corrected chi connectivity index (χ1v) is 15.9. The fraction of sp³-hybridized carbons (Fsp3) is 0.355. The number of hydrogen-bond acceptors (Lipinski definition) is 4. The predicted molar refractivity (Wildman–Crippen MR) is 162 cm³/mol. The Labute approximate surface area is 255 Å². The molecule has 0 aliphatic heterocycles. The SMILES string of the molecule is CC[C@H](C)NC(=O)[C@H](Cc1ccccc1)N(Cc1cccc(C)c1)C(=O)CN(c1cc(C(F)(F)F)ccc1Cl)S(C)(=O)=O. The molecule has 3 rings (SSSR count). The molecule has 2 atom stereocenters. The van der Waals surface area contributed by atoms with Crippen molar-refractivity contribution in [2.24, 2.45) is 0 Å². The number of nitrogens with zero attached hydrogens (tertiary/aromatic N) is 2. The van der Waals surface area contributed by atoms with Crippen LogP contribution in [0.15, 0.2) is 72.8 Å². The average molecular weight is 638 g/mol. The highest BCUT2D eigenvalue weighted by atomic mass is 35.5. The van der Waals surface area contributed by atoms with Crippen LogP contribution < -0.4 is 9.62 Å². The van der Waals surface area contributed by atoms with Gasteiger partial charge in [-0.3, -0.25) is 13.9 Å². The molecule has 3 aromatic rings. The van der Waals surface area contributed by atoms with Crippen LogP contribution in [0.1, 0.15) is 42.5 Å². The molecule has 0 aromatic heterocycles. The minimum atomic E-state index is -4.78. The van der Waals surface area contributed by atoms with Crippen molar-refractivity contribution in [2.75, 3.05) is 17.1 Å². The number of aryl methyl sites for hydroxylation is 1. The van der Waals surface area contributed by atoms with Gasteiger partial charge in [0.2, 0.25) is 21.8 Å². The van der Waals surface area contributed by atoms with E-state index >= 15 is 0 Å². The number of sulfonamides is 1. The maximum absolute atomic E-state index is 14.1. The Morgan fingerprint density at radius 2 is 1.63 bits per heavy atom. The van der Waals surface area contributed by atoms with Crippen LogP contribution in [0.2, 0.25) is 5.02 Å². The third-order valence-corrected chi connectivity index (χ3v) is 8.37. The summed E-state index contributed by atoms with van der Waals surface area (Å²) in [5.41, 5.74) is 0.730. The molecule has 3 aromatic carbocycles. The van der Waals surface area contributed by atoms with Crippen molar-refractivity contribution in [1.82, 2.24) is 10.2 Å². The summed E-state index contributed by atoms with van der Waals surface area (Å²) < 4.78 is 67.0. The fourth-order valence-corrected chi connectivity index (χ4v) is 5.60. The van der Waals surface area contributed by atoms with Crippen molar-refractivity contribution < 1.29 is 31.2 Å². The molecule has 0 radical (unpaired) electrons. The van der Waals surface area contributed by atoms with E-state index in [1.807, 2.05) is 51.1 Å². The maximum Gasteiger partial charge on any atom is 0.416 e. The molecular weight excluding hydrogens is 603 g/mol. The standard InChI is InChI=1S/C31H35ClF3N3O4S/c1-5-22(3)36-30(40)28(17-23-11-7-6-8-12-23)37(19-24-13-9-10-21(2)16-24)29(39)20-38(43(4,41)42)27-18-25(31(33,34)35)14-15-26(27)32/h6-16,18,22,28H,5,17,19-20H2,1-4H3,(H,36,40)/t22-,28-/m0/s1. The summed E-state index contributed by atoms with van der Waals surface area (Å²) in [6.45, 7) is 4.65. The molecule has 1 N–H and O–H groups in total. The van der Waals surface area contributed by atoms with Crippen LogP contribution in [0.3, 0.4) is 0 Å². The lowest BCUT2D eigenvalue weighted by Crippen LogP contribution is -2.54. The number of alkyl halides is 3. The van der Waals surface area contributed by atoms with Gasteiger partial charge in [0.1, 0.15) is 12.6 Å². The number of nitrogens with one attached hydrogen (secondary N) is 1. The smallest absolute Gasteiger partial charge is 0.352 e. The number of rotatable bonds is 12. The lowest BCUT2D eigenvalue weighted by atomic mass is 10.0. The monoisotopic (exact) mass is 637 g/mol. The summed E-state index contributed by atoms with van der Waals surface area (Å²) in [7, 11) is -4.31. The molecule has 232 valence electrons. The third-order valence-electron chi connectivity index (χ3n) is 6.93. The van der Waals surface area contributed by atoms with E-state index in [4.69, 9.17) is 11.6 Å². The van der Waals surface area contributed by atoms with Crippen LogP contribution in [0.4, 0.5) is 18.9 Å². The van der Waals surface area contributed by atoms with E-state index in [9.17, 15) is 31.2 Å². The average Bonchev–Trinajstić information content (AvgIpc) is 2.93. The zero-order valence-corrected chi connectivity index (χ0v) is 25.9.